The second-order valence-corrected chi connectivity index (χ2v) is 9.05. The molecule has 0 bridgehead atoms. The van der Waals surface area contributed by atoms with Gasteiger partial charge in [0.25, 0.3) is 0 Å². The van der Waals surface area contributed by atoms with Gasteiger partial charge in [0.05, 0.1) is 7.11 Å². The lowest BCUT2D eigenvalue weighted by molar-refractivity contribution is 0.415. The highest BCUT2D eigenvalue weighted by molar-refractivity contribution is 6.96. The maximum atomic E-state index is 5.14. The summed E-state index contributed by atoms with van der Waals surface area (Å²) in [4.78, 5) is 0. The molecule has 0 radical (unpaired) electrons. The first-order chi connectivity index (χ1) is 9.12. The second-order valence-electron chi connectivity index (χ2n) is 4.97. The van der Waals surface area contributed by atoms with Crippen LogP contribution in [0.5, 0.6) is 5.75 Å². The topological polar surface area (TPSA) is 9.23 Å². The Morgan fingerprint density at radius 2 is 1.53 bits per heavy atom. The van der Waals surface area contributed by atoms with E-state index >= 15 is 0 Å². The zero-order valence-electron chi connectivity index (χ0n) is 11.6. The van der Waals surface area contributed by atoms with Crippen molar-refractivity contribution >= 4 is 13.3 Å². The normalized spacial score (nSPS) is 10.5. The SMILES string of the molecule is COc1ccc(C#C[Si](C)(C)c2ccccc2)cc1. The molecule has 1 nitrogen and oxygen atoms in total. The van der Waals surface area contributed by atoms with Gasteiger partial charge >= 0.3 is 0 Å². The predicted octanol–water partition coefficient (Wildman–Crippen LogP) is 3.20. The second kappa shape index (κ2) is 5.77. The van der Waals surface area contributed by atoms with E-state index in [-0.39, 0.29) is 0 Å². The van der Waals surface area contributed by atoms with E-state index in [2.05, 4.69) is 48.8 Å². The van der Waals surface area contributed by atoms with E-state index in [1.165, 1.54) is 5.19 Å². The maximum Gasteiger partial charge on any atom is 0.163 e. The molecule has 0 heterocycles. The molecular formula is C17H18OSi. The molecule has 19 heavy (non-hydrogen) atoms. The summed E-state index contributed by atoms with van der Waals surface area (Å²) < 4.78 is 5.14. The first-order valence-corrected chi connectivity index (χ1v) is 9.34. The molecular weight excluding hydrogens is 248 g/mol. The van der Waals surface area contributed by atoms with Crippen molar-refractivity contribution in [2.45, 2.75) is 13.1 Å². The fourth-order valence-corrected chi connectivity index (χ4v) is 3.46. The quantitative estimate of drug-likeness (QED) is 0.599. The van der Waals surface area contributed by atoms with Crippen LogP contribution in [0.25, 0.3) is 0 Å². The van der Waals surface area contributed by atoms with E-state index in [9.17, 15) is 0 Å². The van der Waals surface area contributed by atoms with E-state index in [1.54, 1.807) is 7.11 Å². The van der Waals surface area contributed by atoms with Gasteiger partial charge in [-0.05, 0) is 29.5 Å². The Bertz CT molecular complexity index is 589. The van der Waals surface area contributed by atoms with Gasteiger partial charge in [-0.3, -0.25) is 0 Å². The highest BCUT2D eigenvalue weighted by Gasteiger charge is 2.20. The van der Waals surface area contributed by atoms with Crippen molar-refractivity contribution in [1.29, 1.82) is 0 Å². The summed E-state index contributed by atoms with van der Waals surface area (Å²) in [6.07, 6.45) is 0. The average Bonchev–Trinajstić information content (AvgIpc) is 2.47. The van der Waals surface area contributed by atoms with Crippen LogP contribution in [0.3, 0.4) is 0 Å². The zero-order chi connectivity index (χ0) is 13.7. The van der Waals surface area contributed by atoms with Crippen LogP contribution in [-0.4, -0.2) is 15.2 Å². The van der Waals surface area contributed by atoms with Gasteiger partial charge in [0.2, 0.25) is 0 Å². The van der Waals surface area contributed by atoms with Crippen molar-refractivity contribution in [3.63, 3.8) is 0 Å². The van der Waals surface area contributed by atoms with Crippen molar-refractivity contribution in [2.24, 2.45) is 0 Å². The molecule has 2 heteroatoms. The molecule has 0 fully saturated rings. The minimum absolute atomic E-state index is 0.866. The average molecular weight is 266 g/mol. The molecule has 0 atom stereocenters. The Balaban J connectivity index is 2.22. The third kappa shape index (κ3) is 3.49. The molecule has 0 amide bonds. The highest BCUT2D eigenvalue weighted by Crippen LogP contribution is 2.10. The van der Waals surface area contributed by atoms with Crippen LogP contribution in [0.2, 0.25) is 13.1 Å². The fourth-order valence-electron chi connectivity index (χ4n) is 1.83. The van der Waals surface area contributed by atoms with Gasteiger partial charge in [-0.2, -0.15) is 0 Å². The molecule has 0 saturated heterocycles. The van der Waals surface area contributed by atoms with Gasteiger partial charge in [-0.25, -0.2) is 0 Å². The van der Waals surface area contributed by atoms with Crippen LogP contribution in [0, 0.1) is 11.5 Å². The van der Waals surface area contributed by atoms with Crippen LogP contribution < -0.4 is 9.92 Å². The first kappa shape index (κ1) is 13.4. The molecule has 0 aliphatic heterocycles. The minimum atomic E-state index is -1.68. The monoisotopic (exact) mass is 266 g/mol. The number of hydrogen-bond donors (Lipinski definition) is 0. The Labute approximate surface area is 116 Å². The lowest BCUT2D eigenvalue weighted by Crippen LogP contribution is -2.39. The molecule has 0 aliphatic rings. The van der Waals surface area contributed by atoms with Crippen molar-refractivity contribution in [3.8, 4) is 17.2 Å². The smallest absolute Gasteiger partial charge is 0.163 e. The largest absolute Gasteiger partial charge is 0.497 e. The first-order valence-electron chi connectivity index (χ1n) is 6.34. The molecule has 0 unspecified atom stereocenters. The Morgan fingerprint density at radius 3 is 2.11 bits per heavy atom. The van der Waals surface area contributed by atoms with Crippen LogP contribution >= 0.6 is 0 Å². The number of methoxy groups -OCH3 is 1. The van der Waals surface area contributed by atoms with Crippen LogP contribution in [0.4, 0.5) is 0 Å². The third-order valence-electron chi connectivity index (χ3n) is 3.10. The van der Waals surface area contributed by atoms with Crippen molar-refractivity contribution in [2.75, 3.05) is 7.11 Å². The van der Waals surface area contributed by atoms with Gasteiger partial charge < -0.3 is 4.74 Å². The summed E-state index contributed by atoms with van der Waals surface area (Å²) in [5.41, 5.74) is 4.52. The molecule has 2 aromatic rings. The van der Waals surface area contributed by atoms with Crippen LogP contribution in [0.15, 0.2) is 54.6 Å². The van der Waals surface area contributed by atoms with Crippen LogP contribution in [0.1, 0.15) is 5.56 Å². The predicted molar refractivity (Wildman–Crippen MR) is 83.4 cm³/mol. The van der Waals surface area contributed by atoms with E-state index in [1.807, 2.05) is 30.3 Å². The number of ether oxygens (including phenoxy) is 1. The molecule has 2 aromatic carbocycles. The summed E-state index contributed by atoms with van der Waals surface area (Å²) in [7, 11) is -0.00374. The number of rotatable bonds is 2. The molecule has 0 saturated carbocycles. The molecule has 0 N–H and O–H groups in total. The van der Waals surface area contributed by atoms with Gasteiger partial charge in [0.1, 0.15) is 5.75 Å². The van der Waals surface area contributed by atoms with Gasteiger partial charge in [0.15, 0.2) is 8.07 Å². The lowest BCUT2D eigenvalue weighted by Gasteiger charge is -2.14. The summed E-state index contributed by atoms with van der Waals surface area (Å²) in [6.45, 7) is 4.55. The standard InChI is InChI=1S/C17H18OSi/c1-18-16-11-9-15(10-12-16)13-14-19(2,3)17-7-5-4-6-8-17/h4-12H,1-3H3. The summed E-state index contributed by atoms with van der Waals surface area (Å²) in [6, 6.07) is 18.5. The Hall–Kier alpha value is -1.98. The summed E-state index contributed by atoms with van der Waals surface area (Å²) in [5.74, 6) is 4.16. The third-order valence-corrected chi connectivity index (χ3v) is 5.63. The van der Waals surface area contributed by atoms with E-state index in [0.717, 1.165) is 11.3 Å². The molecule has 0 aromatic heterocycles. The van der Waals surface area contributed by atoms with Crippen molar-refractivity contribution in [3.05, 3.63) is 60.2 Å². The van der Waals surface area contributed by atoms with E-state index in [4.69, 9.17) is 4.74 Å². The lowest BCUT2D eigenvalue weighted by atomic mass is 10.2. The van der Waals surface area contributed by atoms with Crippen LogP contribution in [-0.2, 0) is 0 Å². The van der Waals surface area contributed by atoms with E-state index in [0.29, 0.717) is 0 Å². The van der Waals surface area contributed by atoms with Crippen molar-refractivity contribution < 1.29 is 4.74 Å². The van der Waals surface area contributed by atoms with Crippen molar-refractivity contribution in [1.82, 2.24) is 0 Å². The Morgan fingerprint density at radius 1 is 0.895 bits per heavy atom. The highest BCUT2D eigenvalue weighted by atomic mass is 28.3. The number of benzene rings is 2. The fraction of sp³-hybridized carbons (Fsp3) is 0.176. The van der Waals surface area contributed by atoms with Gasteiger partial charge in [-0.1, -0.05) is 49.3 Å². The molecule has 2 rings (SSSR count). The number of hydrogen-bond acceptors (Lipinski definition) is 1. The molecule has 0 spiro atoms. The summed E-state index contributed by atoms with van der Waals surface area (Å²) in [5, 5.41) is 1.37. The van der Waals surface area contributed by atoms with Gasteiger partial charge in [-0.15, -0.1) is 5.54 Å². The molecule has 0 aliphatic carbocycles. The zero-order valence-corrected chi connectivity index (χ0v) is 12.6. The minimum Gasteiger partial charge on any atom is -0.497 e. The van der Waals surface area contributed by atoms with E-state index < -0.39 is 8.07 Å². The maximum absolute atomic E-state index is 5.14. The van der Waals surface area contributed by atoms with Gasteiger partial charge in [0, 0.05) is 5.56 Å². The Kier molecular flexibility index (Phi) is 4.09. The summed E-state index contributed by atoms with van der Waals surface area (Å²) >= 11 is 0. The molecule has 96 valence electrons.